The van der Waals surface area contributed by atoms with Gasteiger partial charge in [0.15, 0.2) is 0 Å². The Morgan fingerprint density at radius 1 is 0.896 bits per heavy atom. The number of amides is 2. The van der Waals surface area contributed by atoms with E-state index >= 15 is 0 Å². The summed E-state index contributed by atoms with van der Waals surface area (Å²) in [7, 11) is -4.31. The van der Waals surface area contributed by atoms with Gasteiger partial charge in [0.1, 0.15) is 18.4 Å². The van der Waals surface area contributed by atoms with Crippen LogP contribution in [0, 0.1) is 12.7 Å². The molecular weight excluding hydrogens is 672 g/mol. The zero-order chi connectivity index (χ0) is 34.3. The quantitative estimate of drug-likeness (QED) is 0.163. The number of aryl methyl sites for hydroxylation is 1. The molecule has 0 radical (unpaired) electrons. The first-order valence-corrected chi connectivity index (χ1v) is 18.1. The fourth-order valence-electron chi connectivity index (χ4n) is 5.91. The fourth-order valence-corrected chi connectivity index (χ4v) is 7.79. The molecule has 252 valence electrons. The molecular formula is C37H38Cl2FN3O4S. The molecule has 1 aliphatic carbocycles. The van der Waals surface area contributed by atoms with Crippen molar-refractivity contribution in [1.82, 2.24) is 10.2 Å². The second kappa shape index (κ2) is 16.0. The van der Waals surface area contributed by atoms with Gasteiger partial charge in [-0.05, 0) is 79.4 Å². The molecule has 2 amide bonds. The molecule has 1 saturated carbocycles. The number of carbonyl (C=O) groups is 2. The van der Waals surface area contributed by atoms with Gasteiger partial charge in [0.25, 0.3) is 10.0 Å². The van der Waals surface area contributed by atoms with E-state index < -0.39 is 34.3 Å². The number of hydrogen-bond donors (Lipinski definition) is 1. The summed E-state index contributed by atoms with van der Waals surface area (Å²) < 4.78 is 43.2. The van der Waals surface area contributed by atoms with E-state index in [0.29, 0.717) is 15.6 Å². The van der Waals surface area contributed by atoms with Crippen molar-refractivity contribution >= 4 is 50.7 Å². The van der Waals surface area contributed by atoms with Gasteiger partial charge in [0.2, 0.25) is 11.8 Å². The maximum Gasteiger partial charge on any atom is 0.264 e. The lowest BCUT2D eigenvalue weighted by Gasteiger charge is -2.35. The van der Waals surface area contributed by atoms with E-state index in [0.717, 1.165) is 59.7 Å². The predicted molar refractivity (Wildman–Crippen MR) is 188 cm³/mol. The van der Waals surface area contributed by atoms with Gasteiger partial charge in [0.05, 0.1) is 10.6 Å². The van der Waals surface area contributed by atoms with Crippen LogP contribution in [-0.4, -0.2) is 43.8 Å². The Morgan fingerprint density at radius 3 is 2.21 bits per heavy atom. The monoisotopic (exact) mass is 709 g/mol. The van der Waals surface area contributed by atoms with E-state index in [4.69, 9.17) is 23.2 Å². The summed E-state index contributed by atoms with van der Waals surface area (Å²) in [5.74, 6) is -1.53. The highest BCUT2D eigenvalue weighted by Crippen LogP contribution is 2.28. The number of hydrogen-bond acceptors (Lipinski definition) is 4. The molecule has 7 nitrogen and oxygen atoms in total. The normalized spacial score (nSPS) is 14.2. The molecule has 4 aromatic rings. The minimum Gasteiger partial charge on any atom is -0.352 e. The first-order valence-electron chi connectivity index (χ1n) is 15.9. The molecule has 11 heteroatoms. The third kappa shape index (κ3) is 8.95. The highest BCUT2D eigenvalue weighted by molar-refractivity contribution is 7.92. The van der Waals surface area contributed by atoms with Crippen molar-refractivity contribution in [3.8, 4) is 0 Å². The molecule has 0 aliphatic heterocycles. The molecule has 0 aromatic heterocycles. The largest absolute Gasteiger partial charge is 0.352 e. The predicted octanol–water partition coefficient (Wildman–Crippen LogP) is 7.73. The average molecular weight is 711 g/mol. The van der Waals surface area contributed by atoms with E-state index in [2.05, 4.69) is 5.32 Å². The van der Waals surface area contributed by atoms with Crippen molar-refractivity contribution in [2.45, 2.75) is 69.0 Å². The van der Waals surface area contributed by atoms with Gasteiger partial charge in [-0.2, -0.15) is 0 Å². The Kier molecular flexibility index (Phi) is 11.8. The zero-order valence-corrected chi connectivity index (χ0v) is 28.9. The molecule has 1 aliphatic rings. The van der Waals surface area contributed by atoms with Crippen LogP contribution in [0.25, 0.3) is 0 Å². The van der Waals surface area contributed by atoms with Crippen LogP contribution >= 0.6 is 23.2 Å². The number of sulfonamides is 1. The molecule has 1 atom stereocenters. The molecule has 0 bridgehead atoms. The Labute approximate surface area is 291 Å². The lowest BCUT2D eigenvalue weighted by molar-refractivity contribution is -0.140. The van der Waals surface area contributed by atoms with Gasteiger partial charge in [-0.15, -0.1) is 0 Å². The third-order valence-corrected chi connectivity index (χ3v) is 11.0. The summed E-state index contributed by atoms with van der Waals surface area (Å²) >= 11 is 12.8. The summed E-state index contributed by atoms with van der Waals surface area (Å²) in [5, 5.41) is 3.88. The maximum atomic E-state index is 14.6. The Balaban J connectivity index is 1.57. The number of anilines is 1. The molecule has 0 unspecified atom stereocenters. The molecule has 48 heavy (non-hydrogen) atoms. The summed E-state index contributed by atoms with van der Waals surface area (Å²) in [5.41, 5.74) is 2.31. The molecule has 0 heterocycles. The first-order chi connectivity index (χ1) is 23.0. The smallest absolute Gasteiger partial charge is 0.264 e. The first kappa shape index (κ1) is 35.4. The topological polar surface area (TPSA) is 86.8 Å². The Hall–Kier alpha value is -3.92. The van der Waals surface area contributed by atoms with Gasteiger partial charge in [-0.25, -0.2) is 12.8 Å². The van der Waals surface area contributed by atoms with E-state index in [1.807, 2.05) is 37.3 Å². The van der Waals surface area contributed by atoms with E-state index in [1.165, 1.54) is 29.2 Å². The van der Waals surface area contributed by atoms with Gasteiger partial charge < -0.3 is 10.2 Å². The number of halogens is 3. The van der Waals surface area contributed by atoms with E-state index in [-0.39, 0.29) is 35.5 Å². The van der Waals surface area contributed by atoms with Crippen LogP contribution in [0.3, 0.4) is 0 Å². The highest BCUT2D eigenvalue weighted by atomic mass is 35.5. The second-order valence-corrected chi connectivity index (χ2v) is 14.8. The third-order valence-electron chi connectivity index (χ3n) is 8.58. The van der Waals surface area contributed by atoms with E-state index in [1.54, 1.807) is 30.3 Å². The number of nitrogens with one attached hydrogen (secondary N) is 1. The van der Waals surface area contributed by atoms with Gasteiger partial charge >= 0.3 is 0 Å². The summed E-state index contributed by atoms with van der Waals surface area (Å²) in [4.78, 5) is 30.2. The van der Waals surface area contributed by atoms with Crippen LogP contribution < -0.4 is 9.62 Å². The highest BCUT2D eigenvalue weighted by Gasteiger charge is 2.35. The Morgan fingerprint density at radius 2 is 1.56 bits per heavy atom. The lowest BCUT2D eigenvalue weighted by Crippen LogP contribution is -2.55. The van der Waals surface area contributed by atoms with Gasteiger partial charge in [-0.3, -0.25) is 13.9 Å². The lowest BCUT2D eigenvalue weighted by atomic mass is 9.94. The molecule has 5 rings (SSSR count). The molecule has 0 spiro atoms. The van der Waals surface area contributed by atoms with Crippen LogP contribution in [0.15, 0.2) is 102 Å². The fraction of sp³-hybridized carbons (Fsp3) is 0.297. The second-order valence-electron chi connectivity index (χ2n) is 12.1. The number of rotatable bonds is 12. The minimum atomic E-state index is -4.31. The van der Waals surface area contributed by atoms with Crippen LogP contribution in [0.5, 0.6) is 0 Å². The van der Waals surface area contributed by atoms with Crippen LogP contribution in [0.1, 0.15) is 48.8 Å². The average Bonchev–Trinajstić information content (AvgIpc) is 3.07. The van der Waals surface area contributed by atoms with Crippen molar-refractivity contribution in [2.75, 3.05) is 10.8 Å². The SMILES string of the molecule is Cc1ccc(S(=O)(=O)N(CC(=O)N(Cc2ccc(Cl)cc2Cl)[C@H](Cc2ccccc2)C(=O)NC2CCCCC2)c2ccc(F)cc2)cc1. The number of benzene rings is 4. The summed E-state index contributed by atoms with van der Waals surface area (Å²) in [6.07, 6.45) is 4.97. The van der Waals surface area contributed by atoms with Crippen molar-refractivity contribution < 1.29 is 22.4 Å². The van der Waals surface area contributed by atoms with Crippen molar-refractivity contribution in [3.05, 3.63) is 130 Å². The van der Waals surface area contributed by atoms with Crippen LogP contribution in [0.2, 0.25) is 10.0 Å². The van der Waals surface area contributed by atoms with Crippen molar-refractivity contribution in [3.63, 3.8) is 0 Å². The molecule has 1 fully saturated rings. The molecule has 4 aromatic carbocycles. The zero-order valence-electron chi connectivity index (χ0n) is 26.6. The number of carbonyl (C=O) groups excluding carboxylic acids is 2. The molecule has 1 N–H and O–H groups in total. The van der Waals surface area contributed by atoms with Crippen LogP contribution in [-0.2, 0) is 32.6 Å². The van der Waals surface area contributed by atoms with Gasteiger partial charge in [-0.1, -0.05) is 96.6 Å². The minimum absolute atomic E-state index is 0.0294. The van der Waals surface area contributed by atoms with E-state index in [9.17, 15) is 22.4 Å². The summed E-state index contributed by atoms with van der Waals surface area (Å²) in [6.45, 7) is 1.09. The summed E-state index contributed by atoms with van der Waals surface area (Å²) in [6, 6.07) is 24.4. The van der Waals surface area contributed by atoms with Crippen LogP contribution in [0.4, 0.5) is 10.1 Å². The number of nitrogens with zero attached hydrogens (tertiary/aromatic N) is 2. The van der Waals surface area contributed by atoms with Crippen molar-refractivity contribution in [1.29, 1.82) is 0 Å². The van der Waals surface area contributed by atoms with Crippen molar-refractivity contribution in [2.24, 2.45) is 0 Å². The molecule has 0 saturated heterocycles. The Bertz CT molecular complexity index is 1820. The van der Waals surface area contributed by atoms with Gasteiger partial charge in [0, 0.05) is 29.1 Å². The standard InChI is InChI=1S/C37H38Cl2FN3O4S/c1-26-12-20-33(21-13-26)48(46,47)43(32-18-16-30(40)17-19-32)25-36(44)42(24-28-14-15-29(38)23-34(28)39)35(22-27-8-4-2-5-9-27)37(45)41-31-10-6-3-7-11-31/h2,4-5,8-9,12-21,23,31,35H,3,6-7,10-11,22,24-25H2,1H3,(H,41,45)/t35-/m1/s1. The maximum absolute atomic E-state index is 14.6.